The highest BCUT2D eigenvalue weighted by Crippen LogP contribution is 2.38. The van der Waals surface area contributed by atoms with E-state index in [1.165, 1.54) is 6.07 Å². The van der Waals surface area contributed by atoms with Crippen molar-refractivity contribution in [1.29, 1.82) is 0 Å². The Morgan fingerprint density at radius 1 is 1.32 bits per heavy atom. The Morgan fingerprint density at radius 3 is 2.96 bits per heavy atom. The molecule has 0 bridgehead atoms. The molecule has 3 N–H and O–H groups in total. The van der Waals surface area contributed by atoms with Crippen LogP contribution in [-0.2, 0) is 12.8 Å². The normalized spacial score (nSPS) is 16.4. The van der Waals surface area contributed by atoms with Crippen LogP contribution in [0, 0.1) is 11.4 Å². The molecular weight excluding hydrogens is 357 g/mol. The summed E-state index contributed by atoms with van der Waals surface area (Å²) in [5.74, 6) is -0.224. The van der Waals surface area contributed by atoms with Gasteiger partial charge in [-0.15, -0.1) is 0 Å². The standard InChI is InChI=1S/C21H24FN5O/c1-21(2)7-6-14-16(11-21)26-27-20(14)13-9-18(22)25-19(10-13)24-12-17(28)15-5-3-4-8-23-15/h3-5,8-10,17,28H,6-7,11-12H2,1-2H3,(H,24,25)(H,26,27). The van der Waals surface area contributed by atoms with Gasteiger partial charge in [-0.2, -0.15) is 9.49 Å². The highest BCUT2D eigenvalue weighted by Gasteiger charge is 2.29. The van der Waals surface area contributed by atoms with Crippen LogP contribution < -0.4 is 5.32 Å². The van der Waals surface area contributed by atoms with E-state index in [1.807, 2.05) is 6.07 Å². The molecule has 28 heavy (non-hydrogen) atoms. The first kappa shape index (κ1) is 18.6. The van der Waals surface area contributed by atoms with Crippen molar-refractivity contribution in [2.75, 3.05) is 11.9 Å². The van der Waals surface area contributed by atoms with Crippen molar-refractivity contribution < 1.29 is 9.50 Å². The van der Waals surface area contributed by atoms with Crippen molar-refractivity contribution in [3.05, 3.63) is 59.4 Å². The van der Waals surface area contributed by atoms with E-state index in [2.05, 4.69) is 39.3 Å². The minimum absolute atomic E-state index is 0.180. The van der Waals surface area contributed by atoms with Gasteiger partial charge in [-0.1, -0.05) is 19.9 Å². The number of aromatic nitrogens is 4. The molecule has 3 aromatic heterocycles. The maximum Gasteiger partial charge on any atom is 0.215 e. The molecule has 3 aromatic rings. The number of rotatable bonds is 5. The number of aromatic amines is 1. The number of fused-ring (bicyclic) bond motifs is 1. The third-order valence-corrected chi connectivity index (χ3v) is 5.23. The van der Waals surface area contributed by atoms with E-state index in [1.54, 1.807) is 24.4 Å². The zero-order valence-corrected chi connectivity index (χ0v) is 16.0. The molecular formula is C21H24FN5O. The maximum atomic E-state index is 14.2. The Morgan fingerprint density at radius 2 is 2.18 bits per heavy atom. The van der Waals surface area contributed by atoms with E-state index in [0.717, 1.165) is 36.2 Å². The summed E-state index contributed by atoms with van der Waals surface area (Å²) in [6.07, 6.45) is 3.74. The summed E-state index contributed by atoms with van der Waals surface area (Å²) in [5, 5.41) is 20.8. The molecule has 1 aliphatic carbocycles. The van der Waals surface area contributed by atoms with Crippen LogP contribution in [0.3, 0.4) is 0 Å². The second-order valence-electron chi connectivity index (χ2n) is 8.09. The zero-order valence-electron chi connectivity index (χ0n) is 16.0. The number of nitrogens with one attached hydrogen (secondary N) is 2. The number of hydrogen-bond donors (Lipinski definition) is 3. The van der Waals surface area contributed by atoms with Crippen molar-refractivity contribution in [1.82, 2.24) is 20.2 Å². The van der Waals surface area contributed by atoms with Gasteiger partial charge >= 0.3 is 0 Å². The molecule has 3 heterocycles. The lowest BCUT2D eigenvalue weighted by molar-refractivity contribution is 0.186. The summed E-state index contributed by atoms with van der Waals surface area (Å²) in [6.45, 7) is 4.68. The molecule has 1 unspecified atom stereocenters. The topological polar surface area (TPSA) is 86.7 Å². The average Bonchev–Trinajstić information content (AvgIpc) is 3.08. The number of aliphatic hydroxyl groups excluding tert-OH is 1. The van der Waals surface area contributed by atoms with E-state index < -0.39 is 12.1 Å². The Kier molecular flexibility index (Phi) is 4.85. The van der Waals surface area contributed by atoms with Gasteiger partial charge in [-0.3, -0.25) is 10.1 Å². The predicted molar refractivity (Wildman–Crippen MR) is 105 cm³/mol. The first-order valence-electron chi connectivity index (χ1n) is 9.48. The maximum absolute atomic E-state index is 14.2. The molecule has 0 saturated carbocycles. The second kappa shape index (κ2) is 7.31. The first-order chi connectivity index (χ1) is 13.4. The van der Waals surface area contributed by atoms with Crippen LogP contribution in [0.4, 0.5) is 10.2 Å². The molecule has 0 saturated heterocycles. The Labute approximate surface area is 163 Å². The molecule has 146 valence electrons. The molecule has 0 amide bonds. The van der Waals surface area contributed by atoms with Gasteiger partial charge in [0.15, 0.2) is 0 Å². The summed E-state index contributed by atoms with van der Waals surface area (Å²) in [5.41, 5.74) is 4.54. The fourth-order valence-electron chi connectivity index (χ4n) is 3.69. The molecule has 0 aromatic carbocycles. The van der Waals surface area contributed by atoms with Gasteiger partial charge < -0.3 is 10.4 Å². The van der Waals surface area contributed by atoms with E-state index in [0.29, 0.717) is 17.1 Å². The third kappa shape index (κ3) is 3.89. The number of halogens is 1. The molecule has 0 aliphatic heterocycles. The van der Waals surface area contributed by atoms with Gasteiger partial charge in [-0.05, 0) is 42.9 Å². The summed E-state index contributed by atoms with van der Waals surface area (Å²) >= 11 is 0. The second-order valence-corrected chi connectivity index (χ2v) is 8.09. The predicted octanol–water partition coefficient (Wildman–Crippen LogP) is 3.67. The zero-order chi connectivity index (χ0) is 19.7. The van der Waals surface area contributed by atoms with E-state index in [9.17, 15) is 9.50 Å². The average molecular weight is 381 g/mol. The lowest BCUT2D eigenvalue weighted by Gasteiger charge is -2.29. The van der Waals surface area contributed by atoms with Gasteiger partial charge in [0.25, 0.3) is 0 Å². The Bertz CT molecular complexity index is 970. The van der Waals surface area contributed by atoms with Gasteiger partial charge in [-0.25, -0.2) is 4.98 Å². The van der Waals surface area contributed by atoms with E-state index in [-0.39, 0.29) is 12.0 Å². The van der Waals surface area contributed by atoms with Crippen LogP contribution in [0.2, 0.25) is 0 Å². The van der Waals surface area contributed by atoms with Crippen molar-refractivity contribution >= 4 is 5.82 Å². The summed E-state index contributed by atoms with van der Waals surface area (Å²) < 4.78 is 14.2. The smallest absolute Gasteiger partial charge is 0.215 e. The van der Waals surface area contributed by atoms with Crippen LogP contribution in [0.25, 0.3) is 11.3 Å². The molecule has 4 rings (SSSR count). The van der Waals surface area contributed by atoms with Crippen molar-refractivity contribution in [3.8, 4) is 11.3 Å². The molecule has 1 aliphatic rings. The fourth-order valence-corrected chi connectivity index (χ4v) is 3.69. The summed E-state index contributed by atoms with van der Waals surface area (Å²) in [7, 11) is 0. The third-order valence-electron chi connectivity index (χ3n) is 5.23. The number of anilines is 1. The number of hydrogen-bond acceptors (Lipinski definition) is 5. The van der Waals surface area contributed by atoms with Gasteiger partial charge in [0.05, 0.1) is 11.4 Å². The minimum Gasteiger partial charge on any atom is -0.385 e. The van der Waals surface area contributed by atoms with E-state index >= 15 is 0 Å². The largest absolute Gasteiger partial charge is 0.385 e. The lowest BCUT2D eigenvalue weighted by atomic mass is 9.76. The lowest BCUT2D eigenvalue weighted by Crippen LogP contribution is -2.21. The Hall–Kier alpha value is -2.80. The van der Waals surface area contributed by atoms with Crippen LogP contribution >= 0.6 is 0 Å². The van der Waals surface area contributed by atoms with Gasteiger partial charge in [0, 0.05) is 35.6 Å². The number of H-pyrrole nitrogens is 1. The van der Waals surface area contributed by atoms with Crippen LogP contribution in [-0.4, -0.2) is 31.8 Å². The molecule has 0 radical (unpaired) electrons. The summed E-state index contributed by atoms with van der Waals surface area (Å²) in [6, 6.07) is 8.51. The van der Waals surface area contributed by atoms with Crippen LogP contribution in [0.1, 0.15) is 43.3 Å². The highest BCUT2D eigenvalue weighted by molar-refractivity contribution is 5.67. The van der Waals surface area contributed by atoms with Crippen LogP contribution in [0.5, 0.6) is 0 Å². The molecule has 6 nitrogen and oxygen atoms in total. The first-order valence-corrected chi connectivity index (χ1v) is 9.48. The molecule has 1 atom stereocenters. The van der Waals surface area contributed by atoms with E-state index in [4.69, 9.17) is 0 Å². The number of aliphatic hydroxyl groups is 1. The number of pyridine rings is 2. The summed E-state index contributed by atoms with van der Waals surface area (Å²) in [4.78, 5) is 8.03. The van der Waals surface area contributed by atoms with Crippen molar-refractivity contribution in [3.63, 3.8) is 0 Å². The molecule has 0 fully saturated rings. The molecule has 0 spiro atoms. The number of nitrogens with zero attached hydrogens (tertiary/aromatic N) is 3. The SMILES string of the molecule is CC1(C)CCc2c(-c3cc(F)nc(NCC(O)c4ccccn4)c3)n[nH]c2C1. The monoisotopic (exact) mass is 381 g/mol. The minimum atomic E-state index is -0.810. The fraction of sp³-hybridized carbons (Fsp3) is 0.381. The van der Waals surface area contributed by atoms with Crippen LogP contribution in [0.15, 0.2) is 36.5 Å². The van der Waals surface area contributed by atoms with Crippen molar-refractivity contribution in [2.45, 2.75) is 39.2 Å². The van der Waals surface area contributed by atoms with Gasteiger partial charge in [0.2, 0.25) is 5.95 Å². The Balaban J connectivity index is 1.55. The quantitative estimate of drug-likeness (QED) is 0.587. The van der Waals surface area contributed by atoms with Gasteiger partial charge in [0.1, 0.15) is 11.9 Å². The molecule has 7 heteroatoms. The van der Waals surface area contributed by atoms with Crippen molar-refractivity contribution in [2.24, 2.45) is 5.41 Å². The highest BCUT2D eigenvalue weighted by atomic mass is 19.1.